The number of ether oxygens (including phenoxy) is 1. The zero-order chi connectivity index (χ0) is 17.5. The molecule has 5 nitrogen and oxygen atoms in total. The summed E-state index contributed by atoms with van der Waals surface area (Å²) in [6, 6.07) is 8.95. The fourth-order valence-electron chi connectivity index (χ4n) is 2.32. The van der Waals surface area contributed by atoms with E-state index < -0.39 is 23.2 Å². The van der Waals surface area contributed by atoms with Crippen molar-refractivity contribution in [3.63, 3.8) is 0 Å². The van der Waals surface area contributed by atoms with Gasteiger partial charge in [-0.25, -0.2) is 4.39 Å². The zero-order valence-electron chi connectivity index (χ0n) is 12.9. The molecule has 0 aliphatic carbocycles. The molecule has 1 aliphatic heterocycles. The number of benzene rings is 2. The van der Waals surface area contributed by atoms with Crippen molar-refractivity contribution in [1.29, 1.82) is 0 Å². The average molecular weight is 349 g/mol. The van der Waals surface area contributed by atoms with Gasteiger partial charge in [-0.1, -0.05) is 17.7 Å². The number of halogens is 2. The van der Waals surface area contributed by atoms with E-state index in [2.05, 4.69) is 10.6 Å². The minimum atomic E-state index is -1.84. The lowest BCUT2D eigenvalue weighted by Crippen LogP contribution is -2.56. The van der Waals surface area contributed by atoms with Gasteiger partial charge in [0.05, 0.1) is 11.4 Å². The molecule has 24 heavy (non-hydrogen) atoms. The number of amides is 2. The maximum absolute atomic E-state index is 13.8. The monoisotopic (exact) mass is 348 g/mol. The first kappa shape index (κ1) is 16.3. The Hall–Kier alpha value is -2.60. The van der Waals surface area contributed by atoms with Crippen molar-refractivity contribution in [1.82, 2.24) is 0 Å². The Balaban J connectivity index is 1.90. The molecule has 0 saturated heterocycles. The van der Waals surface area contributed by atoms with Gasteiger partial charge in [0.25, 0.3) is 17.4 Å². The molecule has 0 saturated carbocycles. The van der Waals surface area contributed by atoms with Crippen LogP contribution in [0.25, 0.3) is 0 Å². The Labute approximate surface area is 142 Å². The Bertz CT molecular complexity index is 856. The highest BCUT2D eigenvalue weighted by molar-refractivity contribution is 6.31. The van der Waals surface area contributed by atoms with Crippen LogP contribution in [-0.4, -0.2) is 17.4 Å². The normalized spacial score (nSPS) is 19.1. The molecule has 2 amide bonds. The SMILES string of the molecule is Cc1ccc(F)c(NC(=O)C2(C)Oc3ccc(Cl)cc3NC2=O)c1. The maximum atomic E-state index is 13.8. The van der Waals surface area contributed by atoms with Crippen LogP contribution in [0.1, 0.15) is 12.5 Å². The molecule has 1 heterocycles. The topological polar surface area (TPSA) is 67.4 Å². The fourth-order valence-corrected chi connectivity index (χ4v) is 2.49. The number of carbonyl (C=O) groups is 2. The third-order valence-electron chi connectivity index (χ3n) is 3.74. The molecule has 0 bridgehead atoms. The predicted molar refractivity (Wildman–Crippen MR) is 88.9 cm³/mol. The van der Waals surface area contributed by atoms with E-state index in [0.717, 1.165) is 5.56 Å². The first-order valence-corrected chi connectivity index (χ1v) is 7.55. The Morgan fingerprint density at radius 3 is 2.79 bits per heavy atom. The van der Waals surface area contributed by atoms with Crippen molar-refractivity contribution in [2.45, 2.75) is 19.4 Å². The maximum Gasteiger partial charge on any atom is 0.278 e. The summed E-state index contributed by atoms with van der Waals surface area (Å²) >= 11 is 5.87. The highest BCUT2D eigenvalue weighted by Gasteiger charge is 2.47. The van der Waals surface area contributed by atoms with E-state index in [9.17, 15) is 14.0 Å². The molecule has 3 rings (SSSR count). The second-order valence-electron chi connectivity index (χ2n) is 5.67. The summed E-state index contributed by atoms with van der Waals surface area (Å²) < 4.78 is 19.4. The molecular weight excluding hydrogens is 335 g/mol. The summed E-state index contributed by atoms with van der Waals surface area (Å²) in [6.07, 6.45) is 0. The van der Waals surface area contributed by atoms with E-state index in [1.54, 1.807) is 25.1 Å². The third-order valence-corrected chi connectivity index (χ3v) is 3.98. The number of fused-ring (bicyclic) bond motifs is 1. The quantitative estimate of drug-likeness (QED) is 0.816. The molecule has 2 aromatic carbocycles. The predicted octanol–water partition coefficient (Wildman–Crippen LogP) is 3.52. The number of hydrogen-bond acceptors (Lipinski definition) is 3. The summed E-state index contributed by atoms with van der Waals surface area (Å²) in [5.74, 6) is -1.73. The van der Waals surface area contributed by atoms with E-state index >= 15 is 0 Å². The van der Waals surface area contributed by atoms with E-state index in [4.69, 9.17) is 16.3 Å². The fraction of sp³-hybridized carbons (Fsp3) is 0.176. The lowest BCUT2D eigenvalue weighted by molar-refractivity contribution is -0.143. The lowest BCUT2D eigenvalue weighted by atomic mass is 10.0. The van der Waals surface area contributed by atoms with Crippen LogP contribution in [0, 0.1) is 12.7 Å². The number of carbonyl (C=O) groups excluding carboxylic acids is 2. The highest BCUT2D eigenvalue weighted by Crippen LogP contribution is 2.36. The van der Waals surface area contributed by atoms with Crippen LogP contribution in [-0.2, 0) is 9.59 Å². The Morgan fingerprint density at radius 1 is 1.29 bits per heavy atom. The number of hydrogen-bond donors (Lipinski definition) is 2. The van der Waals surface area contributed by atoms with E-state index in [1.807, 2.05) is 0 Å². The second kappa shape index (κ2) is 5.79. The zero-order valence-corrected chi connectivity index (χ0v) is 13.7. The van der Waals surface area contributed by atoms with Gasteiger partial charge in [0.2, 0.25) is 0 Å². The van der Waals surface area contributed by atoms with Crippen molar-refractivity contribution in [2.24, 2.45) is 0 Å². The van der Waals surface area contributed by atoms with Gasteiger partial charge in [-0.3, -0.25) is 9.59 Å². The average Bonchev–Trinajstić information content (AvgIpc) is 2.52. The van der Waals surface area contributed by atoms with Crippen molar-refractivity contribution in [3.05, 3.63) is 52.8 Å². The minimum Gasteiger partial charge on any atom is -0.466 e. The smallest absolute Gasteiger partial charge is 0.278 e. The standard InChI is InChI=1S/C17H14ClFN2O3/c1-9-3-5-11(19)12(7-9)20-15(22)17(2)16(23)21-13-8-10(18)4-6-14(13)24-17/h3-8H,1-2H3,(H,20,22)(H,21,23). The number of rotatable bonds is 2. The summed E-state index contributed by atoms with van der Waals surface area (Å²) in [5.41, 5.74) is -0.707. The second-order valence-corrected chi connectivity index (χ2v) is 6.10. The van der Waals surface area contributed by atoms with Crippen molar-refractivity contribution in [2.75, 3.05) is 10.6 Å². The largest absolute Gasteiger partial charge is 0.466 e. The Kier molecular flexibility index (Phi) is 3.93. The molecular formula is C17H14ClFN2O3. The third kappa shape index (κ3) is 2.80. The van der Waals surface area contributed by atoms with Crippen molar-refractivity contribution >= 4 is 34.8 Å². The van der Waals surface area contributed by atoms with Crippen LogP contribution in [0.3, 0.4) is 0 Å². The molecule has 7 heteroatoms. The molecule has 0 aromatic heterocycles. The van der Waals surface area contributed by atoms with Crippen LogP contribution in [0.15, 0.2) is 36.4 Å². The summed E-state index contributed by atoms with van der Waals surface area (Å²) in [4.78, 5) is 24.9. The molecule has 1 unspecified atom stereocenters. The van der Waals surface area contributed by atoms with Crippen molar-refractivity contribution < 1.29 is 18.7 Å². The summed E-state index contributed by atoms with van der Waals surface area (Å²) in [6.45, 7) is 3.09. The van der Waals surface area contributed by atoms with Gasteiger partial charge < -0.3 is 15.4 Å². The molecule has 1 atom stereocenters. The molecule has 0 radical (unpaired) electrons. The molecule has 2 aromatic rings. The summed E-state index contributed by atoms with van der Waals surface area (Å²) in [5, 5.41) is 5.41. The van der Waals surface area contributed by atoms with Crippen LogP contribution in [0.4, 0.5) is 15.8 Å². The molecule has 2 N–H and O–H groups in total. The van der Waals surface area contributed by atoms with Gasteiger partial charge in [0, 0.05) is 5.02 Å². The number of aryl methyl sites for hydroxylation is 1. The van der Waals surface area contributed by atoms with Crippen LogP contribution >= 0.6 is 11.6 Å². The van der Waals surface area contributed by atoms with E-state index in [1.165, 1.54) is 25.1 Å². The summed E-state index contributed by atoms with van der Waals surface area (Å²) in [7, 11) is 0. The van der Waals surface area contributed by atoms with Gasteiger partial charge in [0.1, 0.15) is 11.6 Å². The van der Waals surface area contributed by atoms with Gasteiger partial charge in [-0.15, -0.1) is 0 Å². The van der Waals surface area contributed by atoms with Crippen molar-refractivity contribution in [3.8, 4) is 5.75 Å². The Morgan fingerprint density at radius 2 is 2.04 bits per heavy atom. The van der Waals surface area contributed by atoms with E-state index in [0.29, 0.717) is 16.5 Å². The number of nitrogens with one attached hydrogen (secondary N) is 2. The van der Waals surface area contributed by atoms with Crippen LogP contribution < -0.4 is 15.4 Å². The first-order valence-electron chi connectivity index (χ1n) is 7.17. The van der Waals surface area contributed by atoms with Crippen LogP contribution in [0.2, 0.25) is 5.02 Å². The lowest BCUT2D eigenvalue weighted by Gasteiger charge is -2.33. The molecule has 124 valence electrons. The van der Waals surface area contributed by atoms with Gasteiger partial charge in [-0.2, -0.15) is 0 Å². The first-order chi connectivity index (χ1) is 11.3. The number of anilines is 2. The van der Waals surface area contributed by atoms with Gasteiger partial charge >= 0.3 is 0 Å². The molecule has 0 spiro atoms. The molecule has 0 fully saturated rings. The molecule has 1 aliphatic rings. The minimum absolute atomic E-state index is 0.0143. The van der Waals surface area contributed by atoms with Gasteiger partial charge in [-0.05, 0) is 49.7 Å². The van der Waals surface area contributed by atoms with E-state index in [-0.39, 0.29) is 5.69 Å². The van der Waals surface area contributed by atoms with Gasteiger partial charge in [0.15, 0.2) is 0 Å². The van der Waals surface area contributed by atoms with Crippen LogP contribution in [0.5, 0.6) is 5.75 Å². The highest BCUT2D eigenvalue weighted by atomic mass is 35.5.